The molecule has 2 aliphatic rings. The normalized spacial score (nSPS) is 18.2. The van der Waals surface area contributed by atoms with E-state index in [4.69, 9.17) is 0 Å². The largest absolute Gasteiger partial charge is 0.325 e. The second-order valence-electron chi connectivity index (χ2n) is 7.63. The van der Waals surface area contributed by atoms with Gasteiger partial charge < -0.3 is 5.32 Å². The number of carbonyl (C=O) groups is 1. The Labute approximate surface area is 162 Å². The molecule has 28 heavy (non-hydrogen) atoms. The minimum atomic E-state index is -0.390. The third kappa shape index (κ3) is 2.81. The number of likely N-dealkylation sites (tertiary alicyclic amines) is 1. The van der Waals surface area contributed by atoms with Crippen molar-refractivity contribution in [3.8, 4) is 5.69 Å². The van der Waals surface area contributed by atoms with Gasteiger partial charge in [-0.05, 0) is 55.8 Å². The highest BCUT2D eigenvalue weighted by atomic mass is 19.1. The number of amides is 1. The molecule has 1 saturated heterocycles. The molecule has 0 saturated carbocycles. The lowest BCUT2D eigenvalue weighted by Crippen LogP contribution is -2.46. The van der Waals surface area contributed by atoms with Crippen molar-refractivity contribution in [2.24, 2.45) is 0 Å². The minimum Gasteiger partial charge on any atom is -0.325 e. The first-order chi connectivity index (χ1) is 13.6. The molecule has 0 bridgehead atoms. The molecule has 3 aromatic rings. The standard InChI is InChI=1S/C22H21FN4O/c23-17-4-3-5-18(12-17)27-15-16(13-24-27)14-26-10-8-22(9-11-26)19-6-1-2-7-20(19)25-21(22)28/h1-7,12-13,15H,8-11,14H2,(H,25,28). The first-order valence-corrected chi connectivity index (χ1v) is 9.57. The van der Waals surface area contributed by atoms with Crippen molar-refractivity contribution in [3.05, 3.63) is 77.9 Å². The number of hydrogen-bond acceptors (Lipinski definition) is 3. The van der Waals surface area contributed by atoms with Crippen LogP contribution in [0.3, 0.4) is 0 Å². The number of benzene rings is 2. The van der Waals surface area contributed by atoms with Crippen molar-refractivity contribution in [1.82, 2.24) is 14.7 Å². The van der Waals surface area contributed by atoms with E-state index >= 15 is 0 Å². The summed E-state index contributed by atoms with van der Waals surface area (Å²) in [6.45, 7) is 2.48. The van der Waals surface area contributed by atoms with Gasteiger partial charge in [-0.2, -0.15) is 5.10 Å². The third-order valence-electron chi connectivity index (χ3n) is 5.95. The predicted octanol–water partition coefficient (Wildman–Crippen LogP) is 3.50. The van der Waals surface area contributed by atoms with E-state index in [0.717, 1.165) is 49.3 Å². The summed E-state index contributed by atoms with van der Waals surface area (Å²) < 4.78 is 15.1. The van der Waals surface area contributed by atoms with Crippen LogP contribution in [0.4, 0.5) is 10.1 Å². The van der Waals surface area contributed by atoms with Crippen LogP contribution >= 0.6 is 0 Å². The fraction of sp³-hybridized carbons (Fsp3) is 0.273. The SMILES string of the molecule is O=C1Nc2ccccc2C12CCN(Cc1cnn(-c3cccc(F)c3)c1)CC2. The van der Waals surface area contributed by atoms with Gasteiger partial charge in [0.25, 0.3) is 0 Å². The van der Waals surface area contributed by atoms with Gasteiger partial charge in [-0.3, -0.25) is 9.69 Å². The zero-order valence-corrected chi connectivity index (χ0v) is 15.4. The molecular formula is C22H21FN4O. The van der Waals surface area contributed by atoms with Crippen molar-refractivity contribution < 1.29 is 9.18 Å². The first kappa shape index (κ1) is 17.1. The fourth-order valence-electron chi connectivity index (χ4n) is 4.42. The number of halogens is 1. The topological polar surface area (TPSA) is 50.2 Å². The molecule has 2 aliphatic heterocycles. The molecule has 1 aromatic heterocycles. The van der Waals surface area contributed by atoms with Crippen LogP contribution in [-0.2, 0) is 16.8 Å². The maximum atomic E-state index is 13.4. The fourth-order valence-corrected chi connectivity index (χ4v) is 4.42. The second kappa shape index (κ2) is 6.56. The van der Waals surface area contributed by atoms with Gasteiger partial charge in [0.15, 0.2) is 0 Å². The van der Waals surface area contributed by atoms with E-state index in [1.165, 1.54) is 12.1 Å². The summed E-state index contributed by atoms with van der Waals surface area (Å²) in [5, 5.41) is 7.41. The van der Waals surface area contributed by atoms with Gasteiger partial charge in [-0.1, -0.05) is 24.3 Å². The van der Waals surface area contributed by atoms with E-state index in [-0.39, 0.29) is 11.7 Å². The lowest BCUT2D eigenvalue weighted by Gasteiger charge is -2.37. The average Bonchev–Trinajstić information content (AvgIpc) is 3.27. The van der Waals surface area contributed by atoms with Gasteiger partial charge in [0.05, 0.1) is 17.3 Å². The van der Waals surface area contributed by atoms with E-state index in [1.807, 2.05) is 36.7 Å². The number of anilines is 1. The molecule has 5 nitrogen and oxygen atoms in total. The van der Waals surface area contributed by atoms with Gasteiger partial charge >= 0.3 is 0 Å². The highest BCUT2D eigenvalue weighted by Gasteiger charge is 2.48. The molecule has 1 N–H and O–H groups in total. The summed E-state index contributed by atoms with van der Waals surface area (Å²) >= 11 is 0. The molecule has 6 heteroatoms. The van der Waals surface area contributed by atoms with Crippen LogP contribution in [0, 0.1) is 5.82 Å². The summed E-state index contributed by atoms with van der Waals surface area (Å²) in [4.78, 5) is 15.0. The summed E-state index contributed by atoms with van der Waals surface area (Å²) in [5.74, 6) is -0.140. The number of piperidine rings is 1. The monoisotopic (exact) mass is 376 g/mol. The summed E-state index contributed by atoms with van der Waals surface area (Å²) in [6, 6.07) is 14.4. The Morgan fingerprint density at radius 3 is 2.75 bits per heavy atom. The first-order valence-electron chi connectivity index (χ1n) is 9.57. The molecule has 0 atom stereocenters. The zero-order chi connectivity index (χ0) is 19.1. The number of carbonyl (C=O) groups excluding carboxylic acids is 1. The highest BCUT2D eigenvalue weighted by molar-refractivity contribution is 6.06. The zero-order valence-electron chi connectivity index (χ0n) is 15.4. The number of para-hydroxylation sites is 1. The quantitative estimate of drug-likeness (QED) is 0.761. The van der Waals surface area contributed by atoms with Crippen LogP contribution in [0.1, 0.15) is 24.0 Å². The molecule has 1 fully saturated rings. The van der Waals surface area contributed by atoms with E-state index in [0.29, 0.717) is 5.69 Å². The third-order valence-corrected chi connectivity index (χ3v) is 5.95. The van der Waals surface area contributed by atoms with Crippen LogP contribution in [0.2, 0.25) is 0 Å². The molecule has 0 aliphatic carbocycles. The van der Waals surface area contributed by atoms with Gasteiger partial charge in [-0.25, -0.2) is 9.07 Å². The van der Waals surface area contributed by atoms with E-state index in [9.17, 15) is 9.18 Å². The van der Waals surface area contributed by atoms with Crippen molar-refractivity contribution in [2.75, 3.05) is 18.4 Å². The van der Waals surface area contributed by atoms with E-state index in [2.05, 4.69) is 21.4 Å². The second-order valence-corrected chi connectivity index (χ2v) is 7.63. The van der Waals surface area contributed by atoms with Crippen LogP contribution in [0.25, 0.3) is 5.69 Å². The highest BCUT2D eigenvalue weighted by Crippen LogP contribution is 2.44. The van der Waals surface area contributed by atoms with Crippen molar-refractivity contribution >= 4 is 11.6 Å². The average molecular weight is 376 g/mol. The van der Waals surface area contributed by atoms with E-state index < -0.39 is 5.41 Å². The van der Waals surface area contributed by atoms with Crippen molar-refractivity contribution in [2.45, 2.75) is 24.8 Å². The Morgan fingerprint density at radius 1 is 1.11 bits per heavy atom. The molecule has 142 valence electrons. The molecule has 0 unspecified atom stereocenters. The van der Waals surface area contributed by atoms with Gasteiger partial charge in [0.2, 0.25) is 5.91 Å². The summed E-state index contributed by atoms with van der Waals surface area (Å²) in [6.07, 6.45) is 5.39. The lowest BCUT2D eigenvalue weighted by atomic mass is 9.73. The molecule has 0 radical (unpaired) electrons. The Balaban J connectivity index is 1.28. The summed E-state index contributed by atoms with van der Waals surface area (Å²) in [5.41, 5.74) is 3.49. The van der Waals surface area contributed by atoms with Crippen molar-refractivity contribution in [3.63, 3.8) is 0 Å². The van der Waals surface area contributed by atoms with Crippen LogP contribution in [0.5, 0.6) is 0 Å². The minimum absolute atomic E-state index is 0.132. The molecule has 1 spiro atoms. The van der Waals surface area contributed by atoms with Crippen molar-refractivity contribution in [1.29, 1.82) is 0 Å². The van der Waals surface area contributed by atoms with E-state index in [1.54, 1.807) is 10.7 Å². The Bertz CT molecular complexity index is 1040. The van der Waals surface area contributed by atoms with Gasteiger partial charge in [0.1, 0.15) is 5.82 Å². The maximum Gasteiger partial charge on any atom is 0.235 e. The number of aromatic nitrogens is 2. The van der Waals surface area contributed by atoms with Crippen LogP contribution in [-0.4, -0.2) is 33.7 Å². The molecule has 1 amide bonds. The Morgan fingerprint density at radius 2 is 1.93 bits per heavy atom. The molecular weight excluding hydrogens is 355 g/mol. The maximum absolute atomic E-state index is 13.4. The molecule has 5 rings (SSSR count). The molecule has 3 heterocycles. The molecule has 2 aromatic carbocycles. The lowest BCUT2D eigenvalue weighted by molar-refractivity contribution is -0.122. The van der Waals surface area contributed by atoms with Gasteiger partial charge in [-0.15, -0.1) is 0 Å². The van der Waals surface area contributed by atoms with Crippen LogP contribution in [0.15, 0.2) is 60.9 Å². The summed E-state index contributed by atoms with van der Waals surface area (Å²) in [7, 11) is 0. The van der Waals surface area contributed by atoms with Crippen LogP contribution < -0.4 is 5.32 Å². The van der Waals surface area contributed by atoms with Gasteiger partial charge in [0, 0.05) is 24.0 Å². The number of nitrogens with zero attached hydrogens (tertiary/aromatic N) is 3. The smallest absolute Gasteiger partial charge is 0.235 e. The Hall–Kier alpha value is -2.99. The number of hydrogen-bond donors (Lipinski definition) is 1. The number of nitrogens with one attached hydrogen (secondary N) is 1. The number of fused-ring (bicyclic) bond motifs is 2. The Kier molecular flexibility index (Phi) is 4.02. The predicted molar refractivity (Wildman–Crippen MR) is 105 cm³/mol. The number of rotatable bonds is 3.